The smallest absolute Gasteiger partial charge is 0.159 e. The van der Waals surface area contributed by atoms with E-state index in [0.717, 1.165) is 43.9 Å². The normalized spacial score (nSPS) is 11.8. The quantitative estimate of drug-likeness (QED) is 0.283. The molecule has 0 fully saturated rings. The molecule has 0 aliphatic heterocycles. The highest BCUT2D eigenvalue weighted by molar-refractivity contribution is 6.69. The summed E-state index contributed by atoms with van der Waals surface area (Å²) in [5.74, 6) is 0. The van der Waals surface area contributed by atoms with Crippen LogP contribution in [0.4, 0.5) is 17.1 Å². The molecular formula is C40H18B7NO2. The van der Waals surface area contributed by atoms with Crippen molar-refractivity contribution in [3.63, 3.8) is 0 Å². The average molecular weight is 620 g/mol. The highest BCUT2D eigenvalue weighted by atomic mass is 16.3. The fourth-order valence-electron chi connectivity index (χ4n) is 7.14. The minimum atomic E-state index is 0.114. The topological polar surface area (TPSA) is 29.5 Å². The highest BCUT2D eigenvalue weighted by Gasteiger charge is 2.27. The first-order valence-electron chi connectivity index (χ1n) is 16.0. The molecule has 0 unspecified atom stereocenters. The Morgan fingerprint density at radius 2 is 0.960 bits per heavy atom. The molecule has 10 heteroatoms. The van der Waals surface area contributed by atoms with Gasteiger partial charge < -0.3 is 13.7 Å². The van der Waals surface area contributed by atoms with Crippen LogP contribution in [0.3, 0.4) is 0 Å². The molecule has 0 atom stereocenters. The van der Waals surface area contributed by atoms with Crippen molar-refractivity contribution < 1.29 is 8.83 Å². The minimum Gasteiger partial charge on any atom is -0.457 e. The van der Waals surface area contributed by atoms with Crippen molar-refractivity contribution in [1.29, 1.82) is 0 Å². The lowest BCUT2D eigenvalue weighted by Gasteiger charge is -2.31. The Morgan fingerprint density at radius 3 is 1.72 bits per heavy atom. The third-order valence-electron chi connectivity index (χ3n) is 9.67. The molecule has 7 aromatic carbocycles. The predicted octanol–water partition coefficient (Wildman–Crippen LogP) is 3.33. The number of para-hydroxylation sites is 1. The molecule has 9 aromatic rings. The Kier molecular flexibility index (Phi) is 6.97. The third-order valence-corrected chi connectivity index (χ3v) is 9.67. The molecule has 0 N–H and O–H groups in total. The standard InChI is InChI=1S/C40H18B7NO2/c41-29-27-28-30(42)36(33(45)35(47)40(28)50-39(27)34(46)32(44)31(29)43)48(22-16-13-20(14-17-22)19-7-2-1-3-8-19)26-12-6-11-24-25-18-15-21-9-4-5-10-23(21)37(25)49-38(24)26/h1-18H. The first kappa shape index (κ1) is 30.7. The van der Waals surface area contributed by atoms with E-state index in [1.165, 1.54) is 0 Å². The number of benzene rings is 7. The molecule has 0 aliphatic carbocycles. The number of furan rings is 2. The van der Waals surface area contributed by atoms with E-state index in [1.807, 2.05) is 77.7 Å². The second kappa shape index (κ2) is 11.3. The van der Waals surface area contributed by atoms with Gasteiger partial charge >= 0.3 is 0 Å². The van der Waals surface area contributed by atoms with Crippen LogP contribution >= 0.6 is 0 Å². The van der Waals surface area contributed by atoms with Crippen molar-refractivity contribution >= 4 is 165 Å². The van der Waals surface area contributed by atoms with Gasteiger partial charge in [0.15, 0.2) is 5.58 Å². The predicted molar refractivity (Wildman–Crippen MR) is 216 cm³/mol. The van der Waals surface area contributed by atoms with E-state index in [2.05, 4.69) is 36.4 Å². The van der Waals surface area contributed by atoms with E-state index in [0.29, 0.717) is 27.7 Å². The third kappa shape index (κ3) is 4.34. The van der Waals surface area contributed by atoms with Crippen molar-refractivity contribution in [2.24, 2.45) is 0 Å². The van der Waals surface area contributed by atoms with Gasteiger partial charge in [0.2, 0.25) is 0 Å². The van der Waals surface area contributed by atoms with Crippen LogP contribution in [0.15, 0.2) is 118 Å². The molecule has 0 amide bonds. The van der Waals surface area contributed by atoms with E-state index in [9.17, 15) is 0 Å². The second-order valence-electron chi connectivity index (χ2n) is 12.4. The molecule has 3 nitrogen and oxygen atoms in total. The summed E-state index contributed by atoms with van der Waals surface area (Å²) in [4.78, 5) is 1.96. The fourth-order valence-corrected chi connectivity index (χ4v) is 7.14. The molecular weight excluding hydrogens is 602 g/mol. The lowest BCUT2D eigenvalue weighted by atomic mass is 9.65. The highest BCUT2D eigenvalue weighted by Crippen LogP contribution is 2.43. The van der Waals surface area contributed by atoms with Gasteiger partial charge in [-0.2, -0.15) is 0 Å². The summed E-state index contributed by atoms with van der Waals surface area (Å²) in [6.07, 6.45) is 0. The molecule has 0 saturated carbocycles. The zero-order chi connectivity index (χ0) is 34.4. The van der Waals surface area contributed by atoms with Gasteiger partial charge in [0.1, 0.15) is 71.7 Å². The molecule has 14 radical (unpaired) electrons. The summed E-state index contributed by atoms with van der Waals surface area (Å²) in [6, 6.07) is 36.6. The van der Waals surface area contributed by atoms with E-state index in [1.54, 1.807) is 0 Å². The van der Waals surface area contributed by atoms with Crippen molar-refractivity contribution in [1.82, 2.24) is 0 Å². The van der Waals surface area contributed by atoms with Gasteiger partial charge in [-0.15, -0.1) is 10.9 Å². The van der Waals surface area contributed by atoms with E-state index in [-0.39, 0.29) is 49.4 Å². The van der Waals surface area contributed by atoms with Crippen molar-refractivity contribution in [3.05, 3.63) is 109 Å². The molecule has 9 rings (SSSR count). The van der Waals surface area contributed by atoms with Crippen molar-refractivity contribution in [2.45, 2.75) is 0 Å². The summed E-state index contributed by atoms with van der Waals surface area (Å²) in [7, 11) is 46.3. The Hall–Kier alpha value is -5.35. The number of nitrogens with zero attached hydrogens (tertiary/aromatic N) is 1. The Labute approximate surface area is 297 Å². The van der Waals surface area contributed by atoms with Crippen LogP contribution in [0, 0.1) is 0 Å². The van der Waals surface area contributed by atoms with Crippen LogP contribution < -0.4 is 43.1 Å². The van der Waals surface area contributed by atoms with E-state index < -0.39 is 0 Å². The van der Waals surface area contributed by atoms with Crippen LogP contribution in [-0.4, -0.2) is 54.9 Å². The lowest BCUT2D eigenvalue weighted by Crippen LogP contribution is -2.47. The van der Waals surface area contributed by atoms with Crippen LogP contribution in [0.2, 0.25) is 0 Å². The molecule has 0 bridgehead atoms. The Bertz CT molecular complexity index is 2840. The maximum absolute atomic E-state index is 7.16. The first-order chi connectivity index (χ1) is 24.2. The van der Waals surface area contributed by atoms with Gasteiger partial charge in [0, 0.05) is 38.3 Å². The zero-order valence-electron chi connectivity index (χ0n) is 26.7. The molecule has 50 heavy (non-hydrogen) atoms. The molecule has 216 valence electrons. The number of fused-ring (bicyclic) bond motifs is 8. The number of hydrogen-bond acceptors (Lipinski definition) is 3. The summed E-state index contributed by atoms with van der Waals surface area (Å²) in [6.45, 7) is 0. The first-order valence-corrected chi connectivity index (χ1v) is 16.0. The van der Waals surface area contributed by atoms with Gasteiger partial charge in [0.25, 0.3) is 0 Å². The Balaban J connectivity index is 1.38. The largest absolute Gasteiger partial charge is 0.457 e. The summed E-state index contributed by atoms with van der Waals surface area (Å²) in [5.41, 5.74) is 7.01. The fraction of sp³-hybridized carbons (Fsp3) is 0. The van der Waals surface area contributed by atoms with Gasteiger partial charge in [-0.3, -0.25) is 0 Å². The van der Waals surface area contributed by atoms with Gasteiger partial charge in [-0.1, -0.05) is 112 Å². The molecule has 0 aliphatic rings. The van der Waals surface area contributed by atoms with E-state index in [4.69, 9.17) is 63.8 Å². The van der Waals surface area contributed by atoms with Crippen LogP contribution in [0.5, 0.6) is 0 Å². The molecule has 0 spiro atoms. The molecule has 2 aromatic heterocycles. The summed E-state index contributed by atoms with van der Waals surface area (Å²) < 4.78 is 13.0. The number of rotatable bonds is 4. The zero-order valence-corrected chi connectivity index (χ0v) is 26.7. The lowest BCUT2D eigenvalue weighted by molar-refractivity contribution is 0.673. The van der Waals surface area contributed by atoms with Crippen LogP contribution in [0.25, 0.3) is 65.8 Å². The second-order valence-corrected chi connectivity index (χ2v) is 12.4. The maximum atomic E-state index is 7.16. The van der Waals surface area contributed by atoms with Crippen molar-refractivity contribution in [2.75, 3.05) is 4.90 Å². The monoisotopic (exact) mass is 621 g/mol. The average Bonchev–Trinajstić information content (AvgIpc) is 3.75. The number of anilines is 3. The molecule has 2 heterocycles. The van der Waals surface area contributed by atoms with E-state index >= 15 is 0 Å². The van der Waals surface area contributed by atoms with Crippen LogP contribution in [0.1, 0.15) is 0 Å². The van der Waals surface area contributed by atoms with Gasteiger partial charge in [0.05, 0.1) is 5.69 Å². The maximum Gasteiger partial charge on any atom is 0.159 e. The Morgan fingerprint density at radius 1 is 0.380 bits per heavy atom. The van der Waals surface area contributed by atoms with Crippen LogP contribution in [-0.2, 0) is 0 Å². The molecule has 0 saturated heterocycles. The SMILES string of the molecule is [B]c1c([B])c([B])c2c(oc3c([B])c([B])c(N(c4ccc(-c5ccccc5)cc4)c4cccc5c4oc4c6ccccc6ccc54)c([B])c32)c1[B]. The van der Waals surface area contributed by atoms with Crippen molar-refractivity contribution in [3.8, 4) is 11.1 Å². The van der Waals surface area contributed by atoms with Gasteiger partial charge in [-0.25, -0.2) is 0 Å². The minimum absolute atomic E-state index is 0.114. The number of hydrogen-bond donors (Lipinski definition) is 0. The summed E-state index contributed by atoms with van der Waals surface area (Å²) in [5, 5.41) is 4.81. The summed E-state index contributed by atoms with van der Waals surface area (Å²) >= 11 is 0. The van der Waals surface area contributed by atoms with Gasteiger partial charge in [-0.05, 0) is 40.8 Å².